The van der Waals surface area contributed by atoms with Crippen molar-refractivity contribution in [2.45, 2.75) is 39.6 Å². The fourth-order valence-electron chi connectivity index (χ4n) is 3.41. The standard InChI is InChI=1S/C19H23N5O/c1-3-25-13-18-21-22-19-14(2)23(10-11-24(18)19)12-16-9-8-15-6-4-5-7-17(15)20-16/h4-9,14H,3,10-13H2,1-2H3/t14-/m1/s1. The van der Waals surface area contributed by atoms with E-state index < -0.39 is 0 Å². The van der Waals surface area contributed by atoms with E-state index in [1.165, 1.54) is 5.39 Å². The highest BCUT2D eigenvalue weighted by atomic mass is 16.5. The topological polar surface area (TPSA) is 56.1 Å². The summed E-state index contributed by atoms with van der Waals surface area (Å²) in [5, 5.41) is 9.90. The number of hydrogen-bond acceptors (Lipinski definition) is 5. The molecule has 0 saturated carbocycles. The van der Waals surface area contributed by atoms with Gasteiger partial charge in [-0.2, -0.15) is 0 Å². The Morgan fingerprint density at radius 2 is 2.00 bits per heavy atom. The van der Waals surface area contributed by atoms with Gasteiger partial charge in [-0.1, -0.05) is 24.3 Å². The van der Waals surface area contributed by atoms with E-state index in [2.05, 4.69) is 50.9 Å². The molecule has 1 aliphatic rings. The maximum absolute atomic E-state index is 5.50. The zero-order chi connectivity index (χ0) is 17.2. The first-order valence-electron chi connectivity index (χ1n) is 8.84. The van der Waals surface area contributed by atoms with Gasteiger partial charge in [0.2, 0.25) is 0 Å². The molecule has 0 radical (unpaired) electrons. The second-order valence-corrected chi connectivity index (χ2v) is 6.40. The van der Waals surface area contributed by atoms with Gasteiger partial charge in [0, 0.05) is 31.6 Å². The van der Waals surface area contributed by atoms with Crippen molar-refractivity contribution in [3.05, 3.63) is 53.7 Å². The number of pyridine rings is 1. The van der Waals surface area contributed by atoms with Crippen LogP contribution in [0.4, 0.5) is 0 Å². The summed E-state index contributed by atoms with van der Waals surface area (Å²) in [6.07, 6.45) is 0. The molecular weight excluding hydrogens is 314 g/mol. The van der Waals surface area contributed by atoms with Crippen molar-refractivity contribution < 1.29 is 4.74 Å². The summed E-state index contributed by atoms with van der Waals surface area (Å²) in [7, 11) is 0. The Hall–Kier alpha value is -2.31. The Kier molecular flexibility index (Phi) is 4.46. The fraction of sp³-hybridized carbons (Fsp3) is 0.421. The molecule has 3 heterocycles. The second-order valence-electron chi connectivity index (χ2n) is 6.40. The van der Waals surface area contributed by atoms with E-state index in [1.807, 2.05) is 19.1 Å². The van der Waals surface area contributed by atoms with Crippen LogP contribution in [0.15, 0.2) is 36.4 Å². The maximum Gasteiger partial charge on any atom is 0.159 e. The molecule has 0 fully saturated rings. The summed E-state index contributed by atoms with van der Waals surface area (Å²) in [4.78, 5) is 7.21. The maximum atomic E-state index is 5.50. The van der Waals surface area contributed by atoms with Gasteiger partial charge in [0.15, 0.2) is 5.82 Å². The number of ether oxygens (including phenoxy) is 1. The molecule has 0 amide bonds. The van der Waals surface area contributed by atoms with Gasteiger partial charge < -0.3 is 9.30 Å². The van der Waals surface area contributed by atoms with Crippen LogP contribution in [-0.4, -0.2) is 37.8 Å². The van der Waals surface area contributed by atoms with E-state index in [9.17, 15) is 0 Å². The molecule has 0 saturated heterocycles. The minimum absolute atomic E-state index is 0.213. The van der Waals surface area contributed by atoms with Gasteiger partial charge in [0.05, 0.1) is 17.3 Å². The number of nitrogens with zero attached hydrogens (tertiary/aromatic N) is 5. The number of benzene rings is 1. The normalized spacial score (nSPS) is 17.8. The molecule has 0 spiro atoms. The van der Waals surface area contributed by atoms with Crippen LogP contribution in [0.3, 0.4) is 0 Å². The molecular formula is C19H23N5O. The number of rotatable bonds is 5. The van der Waals surface area contributed by atoms with E-state index in [4.69, 9.17) is 9.72 Å². The lowest BCUT2D eigenvalue weighted by Crippen LogP contribution is -2.37. The molecule has 4 rings (SSSR count). The predicted octanol–water partition coefficient (Wildman–Crippen LogP) is 2.94. The zero-order valence-electron chi connectivity index (χ0n) is 14.7. The number of para-hydroxylation sites is 1. The van der Waals surface area contributed by atoms with Crippen LogP contribution in [0.1, 0.15) is 37.2 Å². The first-order valence-corrected chi connectivity index (χ1v) is 8.84. The quantitative estimate of drug-likeness (QED) is 0.716. The third kappa shape index (κ3) is 3.15. The molecule has 6 heteroatoms. The molecule has 1 aliphatic heterocycles. The summed E-state index contributed by atoms with van der Waals surface area (Å²) in [5.41, 5.74) is 2.14. The van der Waals surface area contributed by atoms with Crippen molar-refractivity contribution in [3.8, 4) is 0 Å². The number of aromatic nitrogens is 4. The average Bonchev–Trinajstić information content (AvgIpc) is 3.06. The molecule has 0 aliphatic carbocycles. The zero-order valence-corrected chi connectivity index (χ0v) is 14.7. The van der Waals surface area contributed by atoms with Crippen LogP contribution < -0.4 is 0 Å². The molecule has 6 nitrogen and oxygen atoms in total. The van der Waals surface area contributed by atoms with Gasteiger partial charge in [-0.25, -0.2) is 0 Å². The van der Waals surface area contributed by atoms with E-state index in [1.54, 1.807) is 0 Å². The van der Waals surface area contributed by atoms with Gasteiger partial charge in [-0.15, -0.1) is 10.2 Å². The summed E-state index contributed by atoms with van der Waals surface area (Å²) in [6.45, 7) is 8.07. The van der Waals surface area contributed by atoms with Crippen molar-refractivity contribution in [1.29, 1.82) is 0 Å². The average molecular weight is 337 g/mol. The highest BCUT2D eigenvalue weighted by molar-refractivity contribution is 5.78. The number of hydrogen-bond donors (Lipinski definition) is 0. The van der Waals surface area contributed by atoms with E-state index >= 15 is 0 Å². The summed E-state index contributed by atoms with van der Waals surface area (Å²) >= 11 is 0. The molecule has 0 bridgehead atoms. The fourth-order valence-corrected chi connectivity index (χ4v) is 3.41. The molecule has 130 valence electrons. The van der Waals surface area contributed by atoms with Crippen molar-refractivity contribution in [3.63, 3.8) is 0 Å². The van der Waals surface area contributed by atoms with E-state index in [0.717, 1.165) is 42.5 Å². The minimum atomic E-state index is 0.213. The van der Waals surface area contributed by atoms with Crippen molar-refractivity contribution in [2.75, 3.05) is 13.2 Å². The van der Waals surface area contributed by atoms with Gasteiger partial charge in [-0.3, -0.25) is 9.88 Å². The van der Waals surface area contributed by atoms with Crippen molar-refractivity contribution in [1.82, 2.24) is 24.6 Å². The lowest BCUT2D eigenvalue weighted by molar-refractivity contribution is 0.117. The molecule has 1 aromatic carbocycles. The number of fused-ring (bicyclic) bond motifs is 2. The van der Waals surface area contributed by atoms with Crippen molar-refractivity contribution in [2.24, 2.45) is 0 Å². The van der Waals surface area contributed by atoms with Crippen LogP contribution in [0.2, 0.25) is 0 Å². The Bertz CT molecular complexity index is 875. The SMILES string of the molecule is CCOCc1nnc2n1CCN(Cc1ccc3ccccc3n1)[C@@H]2C. The predicted molar refractivity (Wildman–Crippen MR) is 95.9 cm³/mol. The summed E-state index contributed by atoms with van der Waals surface area (Å²) in [5.74, 6) is 1.94. The smallest absolute Gasteiger partial charge is 0.159 e. The van der Waals surface area contributed by atoms with Crippen molar-refractivity contribution >= 4 is 10.9 Å². The van der Waals surface area contributed by atoms with Gasteiger partial charge in [0.25, 0.3) is 0 Å². The Labute approximate surface area is 147 Å². The Morgan fingerprint density at radius 3 is 2.88 bits per heavy atom. The molecule has 3 aromatic rings. The van der Waals surface area contributed by atoms with Gasteiger partial charge >= 0.3 is 0 Å². The first kappa shape index (κ1) is 16.2. The van der Waals surface area contributed by atoms with Crippen LogP contribution >= 0.6 is 0 Å². The monoisotopic (exact) mass is 337 g/mol. The highest BCUT2D eigenvalue weighted by Gasteiger charge is 2.28. The van der Waals surface area contributed by atoms with Crippen LogP contribution in [-0.2, 0) is 24.4 Å². The molecule has 25 heavy (non-hydrogen) atoms. The van der Waals surface area contributed by atoms with Crippen LogP contribution in [0.25, 0.3) is 10.9 Å². The Balaban J connectivity index is 1.52. The molecule has 1 atom stereocenters. The van der Waals surface area contributed by atoms with Crippen LogP contribution in [0.5, 0.6) is 0 Å². The second kappa shape index (κ2) is 6.90. The summed E-state index contributed by atoms with van der Waals surface area (Å²) in [6, 6.07) is 12.7. The lowest BCUT2D eigenvalue weighted by atomic mass is 10.1. The van der Waals surface area contributed by atoms with Crippen LogP contribution in [0, 0.1) is 0 Å². The minimum Gasteiger partial charge on any atom is -0.374 e. The van der Waals surface area contributed by atoms with E-state index in [-0.39, 0.29) is 6.04 Å². The molecule has 0 unspecified atom stereocenters. The summed E-state index contributed by atoms with van der Waals surface area (Å²) < 4.78 is 7.69. The molecule has 0 N–H and O–H groups in total. The van der Waals surface area contributed by atoms with Gasteiger partial charge in [0.1, 0.15) is 12.4 Å². The lowest BCUT2D eigenvalue weighted by Gasteiger charge is -2.33. The van der Waals surface area contributed by atoms with Gasteiger partial charge in [-0.05, 0) is 26.0 Å². The third-order valence-electron chi connectivity index (χ3n) is 4.84. The Morgan fingerprint density at radius 1 is 1.12 bits per heavy atom. The third-order valence-corrected chi connectivity index (χ3v) is 4.84. The highest BCUT2D eigenvalue weighted by Crippen LogP contribution is 2.26. The largest absolute Gasteiger partial charge is 0.374 e. The first-order chi connectivity index (χ1) is 12.3. The van der Waals surface area contributed by atoms with E-state index in [0.29, 0.717) is 13.2 Å². The molecule has 2 aromatic heterocycles.